The number of nitrogens with zero attached hydrogens (tertiary/aromatic N) is 5. The summed E-state index contributed by atoms with van der Waals surface area (Å²) in [5.74, 6) is 1.42. The highest BCUT2D eigenvalue weighted by Gasteiger charge is 2.26. The van der Waals surface area contributed by atoms with Crippen LogP contribution in [0.15, 0.2) is 11.7 Å². The van der Waals surface area contributed by atoms with Gasteiger partial charge in [0.05, 0.1) is 17.3 Å². The molecule has 22 heavy (non-hydrogen) atoms. The van der Waals surface area contributed by atoms with Crippen LogP contribution in [0.3, 0.4) is 0 Å². The Hall–Kier alpha value is -1.31. The van der Waals surface area contributed by atoms with Crippen molar-refractivity contribution in [3.05, 3.63) is 28.2 Å². The molecule has 0 bridgehead atoms. The zero-order valence-corrected chi connectivity index (χ0v) is 14.2. The first kappa shape index (κ1) is 15.6. The number of aromatic nitrogens is 4. The number of aryl methyl sites for hydroxylation is 1. The summed E-state index contributed by atoms with van der Waals surface area (Å²) in [7, 11) is 0. The Morgan fingerprint density at radius 2 is 2.32 bits per heavy atom. The van der Waals surface area contributed by atoms with Crippen LogP contribution in [0.1, 0.15) is 49.3 Å². The molecule has 7 heteroatoms. The Morgan fingerprint density at radius 1 is 1.45 bits per heavy atom. The highest BCUT2D eigenvalue weighted by Crippen LogP contribution is 2.24. The molecule has 1 unspecified atom stereocenters. The highest BCUT2D eigenvalue weighted by molar-refractivity contribution is 7.09. The van der Waals surface area contributed by atoms with Gasteiger partial charge < -0.3 is 9.30 Å². The maximum absolute atomic E-state index is 5.89. The van der Waals surface area contributed by atoms with Crippen LogP contribution >= 0.6 is 11.3 Å². The van der Waals surface area contributed by atoms with Crippen LogP contribution in [0.4, 0.5) is 0 Å². The van der Waals surface area contributed by atoms with E-state index in [2.05, 4.69) is 41.2 Å². The molecule has 3 heterocycles. The second kappa shape index (κ2) is 6.85. The maximum atomic E-state index is 5.89. The van der Waals surface area contributed by atoms with Crippen molar-refractivity contribution in [3.8, 4) is 0 Å². The van der Waals surface area contributed by atoms with Gasteiger partial charge in [-0.1, -0.05) is 13.8 Å². The fourth-order valence-electron chi connectivity index (χ4n) is 2.65. The summed E-state index contributed by atoms with van der Waals surface area (Å²) < 4.78 is 7.94. The molecule has 0 aromatic carbocycles. The van der Waals surface area contributed by atoms with E-state index in [9.17, 15) is 0 Å². The first-order valence-electron chi connectivity index (χ1n) is 7.83. The van der Waals surface area contributed by atoms with Gasteiger partial charge >= 0.3 is 0 Å². The van der Waals surface area contributed by atoms with Gasteiger partial charge in [-0.05, 0) is 6.92 Å². The lowest BCUT2D eigenvalue weighted by Crippen LogP contribution is -2.38. The molecule has 1 atom stereocenters. The minimum Gasteiger partial charge on any atom is -0.368 e. The number of thiazole rings is 1. The average Bonchev–Trinajstić information content (AvgIpc) is 3.16. The topological polar surface area (TPSA) is 56.1 Å². The molecular weight excluding hydrogens is 298 g/mol. The second-order valence-electron chi connectivity index (χ2n) is 5.90. The highest BCUT2D eigenvalue weighted by atomic mass is 32.1. The minimum absolute atomic E-state index is 0.000551. The largest absolute Gasteiger partial charge is 0.368 e. The Kier molecular flexibility index (Phi) is 4.85. The van der Waals surface area contributed by atoms with E-state index in [0.717, 1.165) is 44.3 Å². The van der Waals surface area contributed by atoms with Gasteiger partial charge in [0.15, 0.2) is 5.82 Å². The van der Waals surface area contributed by atoms with E-state index in [1.54, 1.807) is 17.7 Å². The van der Waals surface area contributed by atoms with Crippen molar-refractivity contribution in [1.29, 1.82) is 0 Å². The van der Waals surface area contributed by atoms with Crippen LogP contribution < -0.4 is 0 Å². The summed E-state index contributed by atoms with van der Waals surface area (Å²) in [6, 6.07) is 0. The van der Waals surface area contributed by atoms with E-state index in [4.69, 9.17) is 9.72 Å². The van der Waals surface area contributed by atoms with Crippen LogP contribution in [-0.4, -0.2) is 44.3 Å². The van der Waals surface area contributed by atoms with E-state index in [0.29, 0.717) is 5.92 Å². The molecule has 1 aliphatic rings. The van der Waals surface area contributed by atoms with Crippen LogP contribution in [0.5, 0.6) is 0 Å². The lowest BCUT2D eigenvalue weighted by atomic mass is 10.2. The SMILES string of the molecule is CCn1cnnc1C1CN(Cc2csc(C(C)C)n2)CCO1. The number of rotatable bonds is 5. The Balaban J connectivity index is 1.65. The number of hydrogen-bond donors (Lipinski definition) is 0. The monoisotopic (exact) mass is 321 g/mol. The summed E-state index contributed by atoms with van der Waals surface area (Å²) in [4.78, 5) is 7.12. The maximum Gasteiger partial charge on any atom is 0.163 e. The van der Waals surface area contributed by atoms with E-state index >= 15 is 0 Å². The van der Waals surface area contributed by atoms with Gasteiger partial charge in [0.25, 0.3) is 0 Å². The van der Waals surface area contributed by atoms with Crippen molar-refractivity contribution in [2.24, 2.45) is 0 Å². The summed E-state index contributed by atoms with van der Waals surface area (Å²) in [5, 5.41) is 11.6. The van der Waals surface area contributed by atoms with E-state index in [1.165, 1.54) is 5.01 Å². The molecule has 0 spiro atoms. The Morgan fingerprint density at radius 3 is 3.05 bits per heavy atom. The van der Waals surface area contributed by atoms with E-state index in [-0.39, 0.29) is 6.10 Å². The van der Waals surface area contributed by atoms with Crippen molar-refractivity contribution in [3.63, 3.8) is 0 Å². The van der Waals surface area contributed by atoms with Gasteiger partial charge in [0, 0.05) is 37.5 Å². The molecule has 0 N–H and O–H groups in total. The number of hydrogen-bond acceptors (Lipinski definition) is 6. The summed E-state index contributed by atoms with van der Waals surface area (Å²) in [6.07, 6.45) is 1.77. The fourth-order valence-corrected chi connectivity index (χ4v) is 3.47. The molecule has 2 aromatic rings. The van der Waals surface area contributed by atoms with Crippen LogP contribution in [0.25, 0.3) is 0 Å². The molecule has 2 aromatic heterocycles. The normalized spacial score (nSPS) is 19.9. The molecule has 3 rings (SSSR count). The number of morpholine rings is 1. The lowest BCUT2D eigenvalue weighted by Gasteiger charge is -2.31. The predicted octanol–water partition coefficient (Wildman–Crippen LogP) is 2.45. The van der Waals surface area contributed by atoms with Crippen molar-refractivity contribution in [2.75, 3.05) is 19.7 Å². The molecule has 6 nitrogen and oxygen atoms in total. The zero-order chi connectivity index (χ0) is 15.5. The predicted molar refractivity (Wildman–Crippen MR) is 85.9 cm³/mol. The van der Waals surface area contributed by atoms with Crippen molar-refractivity contribution >= 4 is 11.3 Å². The van der Waals surface area contributed by atoms with E-state index < -0.39 is 0 Å². The standard InChI is InChI=1S/C15H23N5OS/c1-4-20-10-16-18-14(20)13-8-19(5-6-21-13)7-12-9-22-15(17-12)11(2)3/h9-11,13H,4-8H2,1-3H3. The smallest absolute Gasteiger partial charge is 0.163 e. The van der Waals surface area contributed by atoms with E-state index in [1.807, 2.05) is 4.57 Å². The molecule has 0 saturated carbocycles. The first-order valence-corrected chi connectivity index (χ1v) is 8.71. The van der Waals surface area contributed by atoms with Crippen molar-refractivity contribution in [1.82, 2.24) is 24.6 Å². The summed E-state index contributed by atoms with van der Waals surface area (Å²) in [5.41, 5.74) is 1.16. The average molecular weight is 321 g/mol. The third-order valence-electron chi connectivity index (χ3n) is 3.87. The molecule has 1 aliphatic heterocycles. The Labute approximate surface area is 135 Å². The fraction of sp³-hybridized carbons (Fsp3) is 0.667. The molecule has 1 saturated heterocycles. The minimum atomic E-state index is -0.000551. The van der Waals surface area contributed by atoms with Gasteiger partial charge in [-0.25, -0.2) is 4.98 Å². The Bertz CT molecular complexity index is 609. The molecule has 0 aliphatic carbocycles. The number of ether oxygens (including phenoxy) is 1. The third-order valence-corrected chi connectivity index (χ3v) is 5.07. The van der Waals surface area contributed by atoms with Gasteiger partial charge in [0.1, 0.15) is 12.4 Å². The van der Waals surface area contributed by atoms with Crippen LogP contribution in [0, 0.1) is 0 Å². The van der Waals surface area contributed by atoms with Crippen LogP contribution in [0.2, 0.25) is 0 Å². The molecular formula is C15H23N5OS. The second-order valence-corrected chi connectivity index (χ2v) is 6.79. The van der Waals surface area contributed by atoms with Crippen molar-refractivity contribution in [2.45, 2.75) is 45.9 Å². The van der Waals surface area contributed by atoms with Gasteiger partial charge in [-0.15, -0.1) is 21.5 Å². The van der Waals surface area contributed by atoms with Gasteiger partial charge in [0.2, 0.25) is 0 Å². The van der Waals surface area contributed by atoms with Gasteiger partial charge in [-0.2, -0.15) is 0 Å². The van der Waals surface area contributed by atoms with Crippen LogP contribution in [-0.2, 0) is 17.8 Å². The quantitative estimate of drug-likeness (QED) is 0.846. The molecule has 0 radical (unpaired) electrons. The first-order chi connectivity index (χ1) is 10.7. The molecule has 0 amide bonds. The molecule has 1 fully saturated rings. The van der Waals surface area contributed by atoms with Crippen molar-refractivity contribution < 1.29 is 4.74 Å². The van der Waals surface area contributed by atoms with Gasteiger partial charge in [-0.3, -0.25) is 4.90 Å². The third kappa shape index (κ3) is 3.37. The molecule has 120 valence electrons. The summed E-state index contributed by atoms with van der Waals surface area (Å²) >= 11 is 1.76. The zero-order valence-electron chi connectivity index (χ0n) is 13.4. The summed E-state index contributed by atoms with van der Waals surface area (Å²) in [6.45, 7) is 10.7. The lowest BCUT2D eigenvalue weighted by molar-refractivity contribution is -0.0391.